The second kappa shape index (κ2) is 7.73. The summed E-state index contributed by atoms with van der Waals surface area (Å²) in [5, 5.41) is 1.23. The van der Waals surface area contributed by atoms with Crippen molar-refractivity contribution in [3.63, 3.8) is 0 Å². The van der Waals surface area contributed by atoms with E-state index < -0.39 is 0 Å². The molecular weight excluding hydrogens is 320 g/mol. The summed E-state index contributed by atoms with van der Waals surface area (Å²) >= 11 is 0. The van der Waals surface area contributed by atoms with Crippen LogP contribution in [0, 0.1) is 0 Å². The lowest BCUT2D eigenvalue weighted by Crippen LogP contribution is -2.14. The molecule has 0 atom stereocenters. The highest BCUT2D eigenvalue weighted by atomic mass is 35.5. The standard InChI is InChI=1S/C20H24N2O.ClH/c1-21(2)13-12-16-14-22(3)20-17(15-8-6-5-7-9-15)10-11-18(23-4)19(16)20;/h5-11,14H,12-13H2,1-4H3;1H. The average Bonchev–Trinajstić information content (AvgIpc) is 2.90. The Morgan fingerprint density at radius 1 is 1.04 bits per heavy atom. The van der Waals surface area contributed by atoms with Crippen molar-refractivity contribution in [3.05, 3.63) is 54.2 Å². The van der Waals surface area contributed by atoms with Gasteiger partial charge in [0, 0.05) is 30.7 Å². The minimum atomic E-state index is 0. The smallest absolute Gasteiger partial charge is 0.128 e. The summed E-state index contributed by atoms with van der Waals surface area (Å²) in [6.07, 6.45) is 3.25. The van der Waals surface area contributed by atoms with E-state index in [-0.39, 0.29) is 12.4 Å². The molecular formula is C20H25ClN2O. The molecule has 0 radical (unpaired) electrons. The maximum atomic E-state index is 5.65. The molecule has 0 saturated heterocycles. The van der Waals surface area contributed by atoms with Crippen molar-refractivity contribution < 1.29 is 4.74 Å². The van der Waals surface area contributed by atoms with Gasteiger partial charge in [-0.3, -0.25) is 0 Å². The SMILES string of the molecule is COc1ccc(-c2ccccc2)c2c1c(CCN(C)C)cn2C.Cl. The number of likely N-dealkylation sites (N-methyl/N-ethyl adjacent to an activating group) is 1. The number of ether oxygens (including phenoxy) is 1. The van der Waals surface area contributed by atoms with Crippen LogP contribution in [-0.4, -0.2) is 37.2 Å². The van der Waals surface area contributed by atoms with Crippen LogP contribution < -0.4 is 4.74 Å². The lowest BCUT2D eigenvalue weighted by atomic mass is 10.00. The van der Waals surface area contributed by atoms with Crippen LogP contribution in [0.3, 0.4) is 0 Å². The summed E-state index contributed by atoms with van der Waals surface area (Å²) in [5.41, 5.74) is 5.07. The first-order valence-electron chi connectivity index (χ1n) is 7.97. The van der Waals surface area contributed by atoms with E-state index in [0.29, 0.717) is 0 Å². The summed E-state index contributed by atoms with van der Waals surface area (Å²) in [7, 11) is 8.09. The van der Waals surface area contributed by atoms with E-state index in [9.17, 15) is 0 Å². The zero-order valence-electron chi connectivity index (χ0n) is 14.7. The third kappa shape index (κ3) is 3.42. The van der Waals surface area contributed by atoms with Gasteiger partial charge in [-0.25, -0.2) is 0 Å². The lowest BCUT2D eigenvalue weighted by Gasteiger charge is -2.12. The van der Waals surface area contributed by atoms with Gasteiger partial charge >= 0.3 is 0 Å². The second-order valence-corrected chi connectivity index (χ2v) is 6.22. The monoisotopic (exact) mass is 344 g/mol. The van der Waals surface area contributed by atoms with Crippen LogP contribution in [0.4, 0.5) is 0 Å². The molecule has 3 nitrogen and oxygen atoms in total. The Labute approximate surface area is 150 Å². The van der Waals surface area contributed by atoms with Gasteiger partial charge < -0.3 is 14.2 Å². The van der Waals surface area contributed by atoms with Gasteiger partial charge in [-0.1, -0.05) is 30.3 Å². The summed E-state index contributed by atoms with van der Waals surface area (Å²) < 4.78 is 7.88. The maximum Gasteiger partial charge on any atom is 0.128 e. The van der Waals surface area contributed by atoms with Crippen molar-refractivity contribution in [1.82, 2.24) is 9.47 Å². The minimum absolute atomic E-state index is 0. The number of halogens is 1. The first-order chi connectivity index (χ1) is 11.1. The minimum Gasteiger partial charge on any atom is -0.496 e. The topological polar surface area (TPSA) is 17.4 Å². The molecule has 1 aromatic heterocycles. The number of nitrogens with zero attached hydrogens (tertiary/aromatic N) is 2. The Morgan fingerprint density at radius 3 is 2.38 bits per heavy atom. The van der Waals surface area contributed by atoms with E-state index in [0.717, 1.165) is 18.7 Å². The fourth-order valence-electron chi connectivity index (χ4n) is 3.17. The van der Waals surface area contributed by atoms with Crippen molar-refractivity contribution in [2.75, 3.05) is 27.7 Å². The van der Waals surface area contributed by atoms with E-state index in [2.05, 4.69) is 79.3 Å². The summed E-state index contributed by atoms with van der Waals surface area (Å²) in [4.78, 5) is 2.21. The van der Waals surface area contributed by atoms with Crippen LogP contribution in [0.1, 0.15) is 5.56 Å². The Bertz CT molecular complexity index is 809. The van der Waals surface area contributed by atoms with Gasteiger partial charge in [-0.2, -0.15) is 0 Å². The first kappa shape index (κ1) is 18.4. The molecule has 1 heterocycles. The number of hydrogen-bond acceptors (Lipinski definition) is 2. The molecule has 0 spiro atoms. The van der Waals surface area contributed by atoms with Gasteiger partial charge in [-0.15, -0.1) is 12.4 Å². The van der Waals surface area contributed by atoms with E-state index in [1.54, 1.807) is 7.11 Å². The Balaban J connectivity index is 0.00000208. The zero-order chi connectivity index (χ0) is 16.4. The van der Waals surface area contributed by atoms with Crippen LogP contribution in [0.2, 0.25) is 0 Å². The molecule has 0 bridgehead atoms. The van der Waals surface area contributed by atoms with Crippen molar-refractivity contribution in [1.29, 1.82) is 0 Å². The van der Waals surface area contributed by atoms with Gasteiger partial charge in [0.1, 0.15) is 5.75 Å². The molecule has 24 heavy (non-hydrogen) atoms. The average molecular weight is 345 g/mol. The third-order valence-electron chi connectivity index (χ3n) is 4.30. The molecule has 4 heteroatoms. The molecule has 0 saturated carbocycles. The summed E-state index contributed by atoms with van der Waals surface area (Å²) in [6.45, 7) is 1.03. The number of methoxy groups -OCH3 is 1. The van der Waals surface area contributed by atoms with Gasteiger partial charge in [-0.05, 0) is 43.8 Å². The molecule has 128 valence electrons. The normalized spacial score (nSPS) is 10.9. The molecule has 0 aliphatic rings. The Kier molecular flexibility index (Phi) is 5.92. The fourth-order valence-corrected chi connectivity index (χ4v) is 3.17. The molecule has 2 aromatic carbocycles. The second-order valence-electron chi connectivity index (χ2n) is 6.22. The maximum absolute atomic E-state index is 5.65. The molecule has 0 unspecified atom stereocenters. The van der Waals surface area contributed by atoms with Crippen LogP contribution in [0.5, 0.6) is 5.75 Å². The quantitative estimate of drug-likeness (QED) is 0.683. The molecule has 0 aliphatic carbocycles. The highest BCUT2D eigenvalue weighted by Crippen LogP contribution is 2.37. The summed E-state index contributed by atoms with van der Waals surface area (Å²) in [5.74, 6) is 0.953. The van der Waals surface area contributed by atoms with Crippen molar-refractivity contribution in [3.8, 4) is 16.9 Å². The van der Waals surface area contributed by atoms with E-state index in [1.807, 2.05) is 0 Å². The molecule has 0 aliphatic heterocycles. The fraction of sp³-hybridized carbons (Fsp3) is 0.300. The van der Waals surface area contributed by atoms with Gasteiger partial charge in [0.05, 0.1) is 12.6 Å². The molecule has 0 fully saturated rings. The molecule has 0 N–H and O–H groups in total. The van der Waals surface area contributed by atoms with E-state index in [1.165, 1.54) is 27.6 Å². The van der Waals surface area contributed by atoms with Gasteiger partial charge in [0.25, 0.3) is 0 Å². The van der Waals surface area contributed by atoms with Crippen LogP contribution in [0.15, 0.2) is 48.7 Å². The molecule has 0 amide bonds. The predicted molar refractivity (Wildman–Crippen MR) is 104 cm³/mol. The van der Waals surface area contributed by atoms with Crippen LogP contribution in [0.25, 0.3) is 22.0 Å². The summed E-state index contributed by atoms with van der Waals surface area (Å²) in [6, 6.07) is 14.8. The van der Waals surface area contributed by atoms with Gasteiger partial charge in [0.15, 0.2) is 0 Å². The predicted octanol–water partition coefficient (Wildman–Crippen LogP) is 4.38. The first-order valence-corrected chi connectivity index (χ1v) is 7.97. The largest absolute Gasteiger partial charge is 0.496 e. The van der Waals surface area contributed by atoms with Crippen molar-refractivity contribution in [2.24, 2.45) is 7.05 Å². The van der Waals surface area contributed by atoms with Crippen LogP contribution in [-0.2, 0) is 13.5 Å². The third-order valence-corrected chi connectivity index (χ3v) is 4.30. The number of rotatable bonds is 5. The van der Waals surface area contributed by atoms with Crippen molar-refractivity contribution in [2.45, 2.75) is 6.42 Å². The van der Waals surface area contributed by atoms with Gasteiger partial charge in [0.2, 0.25) is 0 Å². The number of aromatic nitrogens is 1. The highest BCUT2D eigenvalue weighted by Gasteiger charge is 2.16. The number of aryl methyl sites for hydroxylation is 1. The zero-order valence-corrected chi connectivity index (χ0v) is 15.6. The number of hydrogen-bond donors (Lipinski definition) is 0. The van der Waals surface area contributed by atoms with Crippen LogP contribution >= 0.6 is 12.4 Å². The highest BCUT2D eigenvalue weighted by molar-refractivity contribution is 6.00. The number of fused-ring (bicyclic) bond motifs is 1. The number of benzene rings is 2. The Hall–Kier alpha value is -1.97. The van der Waals surface area contributed by atoms with E-state index in [4.69, 9.17) is 4.74 Å². The molecule has 3 rings (SSSR count). The lowest BCUT2D eigenvalue weighted by molar-refractivity contribution is 0.411. The van der Waals surface area contributed by atoms with Crippen molar-refractivity contribution >= 4 is 23.3 Å². The Morgan fingerprint density at radius 2 is 1.75 bits per heavy atom. The van der Waals surface area contributed by atoms with E-state index >= 15 is 0 Å². The molecule has 3 aromatic rings.